The van der Waals surface area contributed by atoms with Crippen LogP contribution < -0.4 is 5.73 Å². The van der Waals surface area contributed by atoms with E-state index in [1.54, 1.807) is 30.2 Å². The predicted octanol–water partition coefficient (Wildman–Crippen LogP) is 1.87. The maximum Gasteiger partial charge on any atom is 0.236 e. The molecule has 0 aliphatic carbocycles. The Bertz CT molecular complexity index is 431. The first-order chi connectivity index (χ1) is 8.45. The molecule has 5 nitrogen and oxygen atoms in total. The van der Waals surface area contributed by atoms with E-state index in [1.165, 1.54) is 0 Å². The fourth-order valence-electron chi connectivity index (χ4n) is 1.70. The third-order valence-corrected chi connectivity index (χ3v) is 3.93. The molecule has 0 aliphatic rings. The van der Waals surface area contributed by atoms with Gasteiger partial charge in [0.1, 0.15) is 5.41 Å². The Morgan fingerprint density at radius 1 is 1.67 bits per heavy atom. The number of hydrogen-bond donors (Lipinski definition) is 2. The second-order valence-electron chi connectivity index (χ2n) is 4.46. The predicted molar refractivity (Wildman–Crippen MR) is 72.6 cm³/mol. The molecule has 1 amide bonds. The van der Waals surface area contributed by atoms with Crippen molar-refractivity contribution >= 4 is 23.1 Å². The molecule has 0 fully saturated rings. The summed E-state index contributed by atoms with van der Waals surface area (Å²) >= 11 is 1.59. The minimum absolute atomic E-state index is 0.0489. The molecule has 1 atom stereocenters. The number of thiophene rings is 1. The summed E-state index contributed by atoms with van der Waals surface area (Å²) < 4.78 is 0. The largest absolute Gasteiger partial charge is 0.409 e. The molecule has 0 saturated heterocycles. The van der Waals surface area contributed by atoms with E-state index in [-0.39, 0.29) is 11.7 Å². The summed E-state index contributed by atoms with van der Waals surface area (Å²) in [7, 11) is 1.72. The first-order valence-electron chi connectivity index (χ1n) is 5.70. The molecule has 0 aromatic carbocycles. The van der Waals surface area contributed by atoms with Gasteiger partial charge in [0.2, 0.25) is 5.91 Å². The molecule has 100 valence electrons. The van der Waals surface area contributed by atoms with Crippen LogP contribution >= 0.6 is 11.3 Å². The number of nitrogens with two attached hydrogens (primary N) is 1. The molecule has 0 radical (unpaired) electrons. The highest BCUT2D eigenvalue weighted by Gasteiger charge is 2.38. The van der Waals surface area contributed by atoms with E-state index in [2.05, 4.69) is 5.16 Å². The van der Waals surface area contributed by atoms with Crippen LogP contribution in [-0.2, 0) is 11.3 Å². The monoisotopic (exact) mass is 269 g/mol. The van der Waals surface area contributed by atoms with Crippen molar-refractivity contribution < 1.29 is 10.0 Å². The zero-order valence-electron chi connectivity index (χ0n) is 10.9. The van der Waals surface area contributed by atoms with E-state index in [0.29, 0.717) is 13.0 Å². The maximum atomic E-state index is 12.4. The Balaban J connectivity index is 2.84. The first kappa shape index (κ1) is 14.5. The van der Waals surface area contributed by atoms with Gasteiger partial charge in [0, 0.05) is 13.6 Å². The highest BCUT2D eigenvalue weighted by molar-refractivity contribution is 7.07. The molecule has 6 heteroatoms. The minimum Gasteiger partial charge on any atom is -0.409 e. The van der Waals surface area contributed by atoms with Crippen molar-refractivity contribution in [1.82, 2.24) is 4.90 Å². The molecular weight excluding hydrogens is 250 g/mol. The van der Waals surface area contributed by atoms with Crippen molar-refractivity contribution in [3.8, 4) is 0 Å². The zero-order valence-corrected chi connectivity index (χ0v) is 11.7. The van der Waals surface area contributed by atoms with Crippen LogP contribution in [0.4, 0.5) is 0 Å². The van der Waals surface area contributed by atoms with Crippen molar-refractivity contribution in [2.75, 3.05) is 7.05 Å². The molecule has 1 aromatic heterocycles. The van der Waals surface area contributed by atoms with Gasteiger partial charge in [-0.1, -0.05) is 12.1 Å². The summed E-state index contributed by atoms with van der Waals surface area (Å²) in [6, 6.07) is 1.97. The van der Waals surface area contributed by atoms with Crippen LogP contribution in [0.15, 0.2) is 22.0 Å². The fraction of sp³-hybridized carbons (Fsp3) is 0.500. The molecule has 1 rings (SSSR count). The Hall–Kier alpha value is -1.56. The van der Waals surface area contributed by atoms with Gasteiger partial charge in [0.15, 0.2) is 5.84 Å². The highest BCUT2D eigenvalue weighted by Crippen LogP contribution is 2.25. The van der Waals surface area contributed by atoms with Crippen LogP contribution in [0.25, 0.3) is 0 Å². The lowest BCUT2D eigenvalue weighted by atomic mass is 9.84. The molecule has 3 N–H and O–H groups in total. The number of hydrogen-bond acceptors (Lipinski definition) is 4. The van der Waals surface area contributed by atoms with Crippen LogP contribution in [0.5, 0.6) is 0 Å². The van der Waals surface area contributed by atoms with Gasteiger partial charge in [-0.25, -0.2) is 0 Å². The van der Waals surface area contributed by atoms with Gasteiger partial charge in [-0.3, -0.25) is 4.79 Å². The van der Waals surface area contributed by atoms with Crippen LogP contribution in [0.3, 0.4) is 0 Å². The third-order valence-electron chi connectivity index (χ3n) is 3.20. The molecule has 1 heterocycles. The number of amidine groups is 1. The topological polar surface area (TPSA) is 78.9 Å². The number of carbonyl (C=O) groups excluding carboxylic acids is 1. The van der Waals surface area contributed by atoms with Crippen LogP contribution in [0.1, 0.15) is 25.8 Å². The molecule has 0 saturated carbocycles. The third kappa shape index (κ3) is 2.81. The summed E-state index contributed by atoms with van der Waals surface area (Å²) in [6.07, 6.45) is 0.482. The number of oxime groups is 1. The lowest BCUT2D eigenvalue weighted by Crippen LogP contribution is -2.47. The van der Waals surface area contributed by atoms with Crippen molar-refractivity contribution in [1.29, 1.82) is 0 Å². The second-order valence-corrected chi connectivity index (χ2v) is 5.24. The van der Waals surface area contributed by atoms with E-state index >= 15 is 0 Å². The first-order valence-corrected chi connectivity index (χ1v) is 6.64. The van der Waals surface area contributed by atoms with Gasteiger partial charge in [-0.05, 0) is 35.7 Å². The lowest BCUT2D eigenvalue weighted by Gasteiger charge is -2.30. The lowest BCUT2D eigenvalue weighted by molar-refractivity contribution is -0.137. The minimum atomic E-state index is -0.959. The number of carbonyl (C=O) groups is 1. The Kier molecular flexibility index (Phi) is 4.72. The molecule has 1 aromatic rings. The second kappa shape index (κ2) is 5.86. The van der Waals surface area contributed by atoms with E-state index in [4.69, 9.17) is 10.9 Å². The van der Waals surface area contributed by atoms with Gasteiger partial charge in [0.25, 0.3) is 0 Å². The van der Waals surface area contributed by atoms with Crippen LogP contribution in [-0.4, -0.2) is 28.9 Å². The van der Waals surface area contributed by atoms with Gasteiger partial charge < -0.3 is 15.8 Å². The quantitative estimate of drug-likeness (QED) is 0.371. The summed E-state index contributed by atoms with van der Waals surface area (Å²) in [5.41, 5.74) is 5.75. The Morgan fingerprint density at radius 2 is 2.33 bits per heavy atom. The number of amides is 1. The smallest absolute Gasteiger partial charge is 0.236 e. The van der Waals surface area contributed by atoms with E-state index in [0.717, 1.165) is 5.56 Å². The molecule has 0 aliphatic heterocycles. The highest BCUT2D eigenvalue weighted by atomic mass is 32.1. The Morgan fingerprint density at radius 3 is 2.78 bits per heavy atom. The van der Waals surface area contributed by atoms with Gasteiger partial charge in [0.05, 0.1) is 0 Å². The van der Waals surface area contributed by atoms with Crippen molar-refractivity contribution in [3.05, 3.63) is 22.4 Å². The fourth-order valence-corrected chi connectivity index (χ4v) is 2.36. The SMILES string of the molecule is CCC(C)(C(=O)N(C)Cc1ccsc1)/C(N)=N/O. The standard InChI is InChI=1S/C12H19N3O2S/c1-4-12(2,10(13)14-17)11(16)15(3)7-9-5-6-18-8-9/h5-6,8,17H,4,7H2,1-3H3,(H2,13,14). The van der Waals surface area contributed by atoms with Gasteiger partial charge in [-0.2, -0.15) is 11.3 Å². The number of nitrogens with zero attached hydrogens (tertiary/aromatic N) is 2. The van der Waals surface area contributed by atoms with E-state index in [9.17, 15) is 4.79 Å². The summed E-state index contributed by atoms with van der Waals surface area (Å²) in [6.45, 7) is 4.06. The van der Waals surface area contributed by atoms with Crippen LogP contribution in [0, 0.1) is 5.41 Å². The summed E-state index contributed by atoms with van der Waals surface area (Å²) in [5.74, 6) is -0.196. The molecule has 0 spiro atoms. The van der Waals surface area contributed by atoms with E-state index in [1.807, 2.05) is 23.8 Å². The van der Waals surface area contributed by atoms with Crippen molar-refractivity contribution in [2.45, 2.75) is 26.8 Å². The van der Waals surface area contributed by atoms with Gasteiger partial charge in [-0.15, -0.1) is 0 Å². The summed E-state index contributed by atoms with van der Waals surface area (Å²) in [4.78, 5) is 14.0. The summed E-state index contributed by atoms with van der Waals surface area (Å²) in [5, 5.41) is 15.7. The Labute approximate surface area is 111 Å². The molecule has 1 unspecified atom stereocenters. The molecule has 0 bridgehead atoms. The normalized spacial score (nSPS) is 15.2. The maximum absolute atomic E-state index is 12.4. The molecular formula is C12H19N3O2S. The van der Waals surface area contributed by atoms with Gasteiger partial charge >= 0.3 is 0 Å². The van der Waals surface area contributed by atoms with E-state index < -0.39 is 5.41 Å². The number of rotatable bonds is 5. The molecule has 18 heavy (non-hydrogen) atoms. The van der Waals surface area contributed by atoms with Crippen molar-refractivity contribution in [2.24, 2.45) is 16.3 Å². The van der Waals surface area contributed by atoms with Crippen LogP contribution in [0.2, 0.25) is 0 Å². The average Bonchev–Trinajstić information content (AvgIpc) is 2.88. The zero-order chi connectivity index (χ0) is 13.8. The van der Waals surface area contributed by atoms with Crippen molar-refractivity contribution in [3.63, 3.8) is 0 Å². The average molecular weight is 269 g/mol.